The van der Waals surface area contributed by atoms with Crippen LogP contribution in [-0.2, 0) is 13.8 Å². The second kappa shape index (κ2) is 6.94. The third-order valence-electron chi connectivity index (χ3n) is 3.16. The molecule has 0 unspecified atom stereocenters. The number of aromatic nitrogens is 2. The van der Waals surface area contributed by atoms with Crippen molar-refractivity contribution in [1.82, 2.24) is 9.55 Å². The Hall–Kier alpha value is -0.870. The molecule has 0 bridgehead atoms. The molecule has 1 fully saturated rings. The summed E-state index contributed by atoms with van der Waals surface area (Å²) in [4.78, 5) is 25.2. The Labute approximate surface area is 138 Å². The number of nitrogens with zero attached hydrogens (tertiary/aromatic N) is 1. The predicted octanol–water partition coefficient (Wildman–Crippen LogP) is -0.233. The highest BCUT2D eigenvalue weighted by Gasteiger charge is 2.45. The predicted molar refractivity (Wildman–Crippen MR) is 79.1 cm³/mol. The van der Waals surface area contributed by atoms with Gasteiger partial charge in [0.05, 0.1) is 19.9 Å². The van der Waals surface area contributed by atoms with Gasteiger partial charge in [0.2, 0.25) is 5.75 Å². The quantitative estimate of drug-likeness (QED) is 0.585. The van der Waals surface area contributed by atoms with Crippen LogP contribution in [-0.4, -0.2) is 51.8 Å². The van der Waals surface area contributed by atoms with Gasteiger partial charge in [-0.1, -0.05) is 0 Å². The summed E-state index contributed by atoms with van der Waals surface area (Å²) in [6, 6.07) is 0. The first-order valence-corrected chi connectivity index (χ1v) is 9.62. The Morgan fingerprint density at radius 3 is 2.61 bits per heavy atom. The first-order chi connectivity index (χ1) is 10.6. The highest BCUT2D eigenvalue weighted by Crippen LogP contribution is 2.57. The molecule has 0 aromatic carbocycles. The van der Waals surface area contributed by atoms with Crippen LogP contribution in [0.1, 0.15) is 6.23 Å². The lowest BCUT2D eigenvalue weighted by Gasteiger charge is -2.17. The molecule has 10 nitrogen and oxygen atoms in total. The maximum absolute atomic E-state index is 11.8. The Kier molecular flexibility index (Phi) is 5.57. The summed E-state index contributed by atoms with van der Waals surface area (Å²) in [6.45, 7) is -0.478. The van der Waals surface area contributed by atoms with Gasteiger partial charge < -0.3 is 24.2 Å². The van der Waals surface area contributed by atoms with Crippen LogP contribution < -0.4 is 16.0 Å². The van der Waals surface area contributed by atoms with E-state index in [2.05, 4.69) is 4.52 Å². The van der Waals surface area contributed by atoms with Crippen LogP contribution in [0.15, 0.2) is 15.8 Å². The van der Waals surface area contributed by atoms with E-state index in [0.29, 0.717) is 0 Å². The summed E-state index contributed by atoms with van der Waals surface area (Å²) >= 11 is 10.4. The third kappa shape index (κ3) is 4.16. The summed E-state index contributed by atoms with van der Waals surface area (Å²) in [5.74, 6) is -0.194. The number of rotatable bonds is 5. The van der Waals surface area contributed by atoms with Crippen molar-refractivity contribution in [2.75, 3.05) is 13.7 Å². The van der Waals surface area contributed by atoms with Crippen LogP contribution in [0.4, 0.5) is 0 Å². The van der Waals surface area contributed by atoms with E-state index in [4.69, 9.17) is 32.0 Å². The Morgan fingerprint density at radius 2 is 2.04 bits per heavy atom. The average Bonchev–Trinajstić information content (AvgIpc) is 2.73. The molecule has 4 atom stereocenters. The number of aliphatic hydroxyl groups excluding tert-OH is 2. The fourth-order valence-electron chi connectivity index (χ4n) is 2.06. The monoisotopic (exact) mass is 390 g/mol. The summed E-state index contributed by atoms with van der Waals surface area (Å²) in [6.07, 6.45) is -8.30. The summed E-state index contributed by atoms with van der Waals surface area (Å²) < 4.78 is 26.6. The molecular weight excluding hydrogens is 378 g/mol. The normalized spacial score (nSPS) is 28.0. The van der Waals surface area contributed by atoms with Crippen molar-refractivity contribution in [1.29, 1.82) is 0 Å². The minimum Gasteiger partial charge on any atom is -0.490 e. The minimum absolute atomic E-state index is 0.194. The molecule has 2 rings (SSSR count). The van der Waals surface area contributed by atoms with Crippen molar-refractivity contribution in [3.63, 3.8) is 0 Å². The van der Waals surface area contributed by atoms with Crippen LogP contribution in [0.2, 0.25) is 0 Å². The third-order valence-corrected chi connectivity index (χ3v) is 4.19. The van der Waals surface area contributed by atoms with Crippen molar-refractivity contribution >= 4 is 28.6 Å². The highest BCUT2D eigenvalue weighted by molar-refractivity contribution is 8.05. The largest absolute Gasteiger partial charge is 0.490 e. The summed E-state index contributed by atoms with van der Waals surface area (Å²) in [5.41, 5.74) is -1.64. The van der Waals surface area contributed by atoms with E-state index in [1.165, 1.54) is 7.11 Å². The molecule has 0 aliphatic carbocycles. The average molecular weight is 391 g/mol. The second-order valence-corrected chi connectivity index (χ2v) is 8.90. The number of halogens is 2. The first kappa shape index (κ1) is 18.5. The molecule has 0 spiro atoms. The van der Waals surface area contributed by atoms with Crippen LogP contribution in [0.3, 0.4) is 0 Å². The molecule has 3 N–H and O–H groups in total. The molecule has 0 saturated carbocycles. The molecule has 2 heterocycles. The van der Waals surface area contributed by atoms with E-state index in [9.17, 15) is 24.4 Å². The van der Waals surface area contributed by atoms with Crippen molar-refractivity contribution < 1.29 is 28.8 Å². The fourth-order valence-corrected chi connectivity index (χ4v) is 2.72. The number of hydrogen-bond acceptors (Lipinski definition) is 8. The van der Waals surface area contributed by atoms with Crippen LogP contribution >= 0.6 is 28.6 Å². The first-order valence-electron chi connectivity index (χ1n) is 6.19. The molecule has 1 aromatic heterocycles. The van der Waals surface area contributed by atoms with Gasteiger partial charge in [0.15, 0.2) is 6.23 Å². The molecule has 0 radical (unpaired) electrons. The lowest BCUT2D eigenvalue weighted by molar-refractivity contribution is -0.0510. The number of H-pyrrole nitrogens is 1. The van der Waals surface area contributed by atoms with Crippen LogP contribution in [0.25, 0.3) is 0 Å². The Balaban J connectivity index is 2.26. The van der Waals surface area contributed by atoms with Gasteiger partial charge in [-0.2, -0.15) is 0 Å². The zero-order valence-electron chi connectivity index (χ0n) is 11.6. The Morgan fingerprint density at radius 1 is 1.39 bits per heavy atom. The van der Waals surface area contributed by atoms with E-state index >= 15 is 0 Å². The molecule has 13 heteroatoms. The van der Waals surface area contributed by atoms with E-state index < -0.39 is 48.5 Å². The molecule has 23 heavy (non-hydrogen) atoms. The Bertz CT molecular complexity index is 730. The fraction of sp³-hybridized carbons (Fsp3) is 0.600. The van der Waals surface area contributed by atoms with Gasteiger partial charge in [0.1, 0.15) is 18.3 Å². The van der Waals surface area contributed by atoms with Gasteiger partial charge in [-0.05, 0) is 22.5 Å². The lowest BCUT2D eigenvalue weighted by Crippen LogP contribution is -2.38. The lowest BCUT2D eigenvalue weighted by atomic mass is 10.1. The van der Waals surface area contributed by atoms with Gasteiger partial charge in [0.25, 0.3) is 5.56 Å². The molecule has 130 valence electrons. The van der Waals surface area contributed by atoms with E-state index in [1.54, 1.807) is 0 Å². The van der Waals surface area contributed by atoms with Crippen molar-refractivity contribution in [3.05, 3.63) is 27.0 Å². The molecule has 1 saturated heterocycles. The van der Waals surface area contributed by atoms with Crippen LogP contribution in [0.5, 0.6) is 5.75 Å². The maximum atomic E-state index is 11.8. The van der Waals surface area contributed by atoms with Crippen molar-refractivity contribution in [2.45, 2.75) is 24.5 Å². The number of hydrogen-bond donors (Lipinski definition) is 3. The van der Waals surface area contributed by atoms with Gasteiger partial charge in [0, 0.05) is 0 Å². The molecular formula is C10H13Cl2N2O8P. The number of aliphatic hydroxyl groups is 2. The van der Waals surface area contributed by atoms with E-state index in [-0.39, 0.29) is 5.75 Å². The SMILES string of the molecule is COc1cn([C@@H]2O[C@H](COP(=O)(Cl)Cl)[C@H](O)[C@@H]2O)c(=O)[nH]c1=O. The van der Waals surface area contributed by atoms with E-state index in [1.807, 2.05) is 4.98 Å². The summed E-state index contributed by atoms with van der Waals surface area (Å²) in [7, 11) is 1.22. The number of nitrogens with one attached hydrogen (secondary N) is 1. The van der Waals surface area contributed by atoms with Gasteiger partial charge in [-0.3, -0.25) is 18.9 Å². The maximum Gasteiger partial charge on any atom is 0.380 e. The van der Waals surface area contributed by atoms with Gasteiger partial charge in [-0.25, -0.2) is 4.79 Å². The number of methoxy groups -OCH3 is 1. The molecule has 1 aliphatic heterocycles. The van der Waals surface area contributed by atoms with Crippen LogP contribution in [0, 0.1) is 0 Å². The highest BCUT2D eigenvalue weighted by atomic mass is 35.9. The summed E-state index contributed by atoms with van der Waals surface area (Å²) in [5, 5.41) is 19.9. The smallest absolute Gasteiger partial charge is 0.380 e. The van der Waals surface area contributed by atoms with E-state index in [0.717, 1.165) is 10.8 Å². The standard InChI is InChI=1S/C10H13Cl2N2O8P/c1-20-4-2-14(10(18)13-8(4)17)9-7(16)6(15)5(22-9)3-21-23(11,12)19/h2,5-7,9,15-16H,3H2,1H3,(H,13,17,18)/t5-,6+,7+,9-/m1/s1. The zero-order valence-corrected chi connectivity index (χ0v) is 14.0. The topological polar surface area (TPSA) is 140 Å². The number of ether oxygens (including phenoxy) is 2. The van der Waals surface area contributed by atoms with Crippen molar-refractivity contribution in [3.8, 4) is 5.75 Å². The molecule has 1 aliphatic rings. The molecule has 1 aromatic rings. The van der Waals surface area contributed by atoms with Gasteiger partial charge >= 0.3 is 11.8 Å². The zero-order chi connectivity index (χ0) is 17.4. The number of aromatic amines is 1. The molecule has 0 amide bonds. The van der Waals surface area contributed by atoms with Gasteiger partial charge in [-0.15, -0.1) is 0 Å². The van der Waals surface area contributed by atoms with Crippen molar-refractivity contribution in [2.24, 2.45) is 0 Å². The second-order valence-electron chi connectivity index (χ2n) is 4.62. The minimum atomic E-state index is -3.85.